The first-order valence-corrected chi connectivity index (χ1v) is 2.72. The quantitative estimate of drug-likeness (QED) is 0.388. The number of hydrogen-bond acceptors (Lipinski definition) is 6. The van der Waals surface area contributed by atoms with E-state index in [2.05, 4.69) is 0 Å². The summed E-state index contributed by atoms with van der Waals surface area (Å²) in [6, 6.07) is 0. The topological polar surface area (TPSA) is 120 Å². The Hall–Kier alpha value is 0.813. The molecule has 0 aromatic carbocycles. The predicted octanol–water partition coefficient (Wildman–Crippen LogP) is -7.11. The van der Waals surface area contributed by atoms with Crippen LogP contribution >= 0.6 is 0 Å². The van der Waals surface area contributed by atoms with E-state index < -0.39 is 17.9 Å². The van der Waals surface area contributed by atoms with Gasteiger partial charge in [-0.2, -0.15) is 0 Å². The summed E-state index contributed by atoms with van der Waals surface area (Å²) in [6.07, 6.45) is 0. The van der Waals surface area contributed by atoms with Crippen molar-refractivity contribution < 1.29 is 81.1 Å². The van der Waals surface area contributed by atoms with Crippen LogP contribution in [0.1, 0.15) is 20.8 Å². The Kier molecular flexibility index (Phi) is 49.4. The molecule has 0 fully saturated rings. The van der Waals surface area contributed by atoms with E-state index in [1.807, 2.05) is 0 Å². The average Bonchev–Trinajstić information content (AvgIpc) is 1.54. The maximum Gasteiger partial charge on any atom is 2.00 e. The maximum absolute atomic E-state index is 8.89. The molecule has 0 saturated heterocycles. The number of carbonyl (C=O) groups is 3. The molecule has 0 atom stereocenters. The number of aliphatic carboxylic acids is 3. The molecule has 0 heterocycles. The van der Waals surface area contributed by atoms with Gasteiger partial charge >= 0.3 is 74.4 Å². The number of hydrogen-bond donors (Lipinski definition) is 0. The summed E-state index contributed by atoms with van der Waals surface area (Å²) in [5, 5.41) is 26.7. The molecule has 0 radical (unpaired) electrons. The van der Waals surface area contributed by atoms with Crippen molar-refractivity contribution in [3.8, 4) is 0 Å². The Morgan fingerprint density at radius 3 is 0.714 bits per heavy atom. The van der Waals surface area contributed by atoms with E-state index >= 15 is 0 Å². The molecule has 0 bridgehead atoms. The van der Waals surface area contributed by atoms with Crippen LogP contribution in [0.4, 0.5) is 0 Å². The van der Waals surface area contributed by atoms with Crippen molar-refractivity contribution in [2.75, 3.05) is 0 Å². The molecule has 6 nitrogen and oxygen atoms in total. The molecule has 8 heteroatoms. The van der Waals surface area contributed by atoms with Crippen LogP contribution in [0.15, 0.2) is 0 Å². The van der Waals surface area contributed by atoms with E-state index in [1.54, 1.807) is 0 Å². The molecular formula is C6H9KMgO6. The Labute approximate surface area is 141 Å². The van der Waals surface area contributed by atoms with Gasteiger partial charge in [-0.1, -0.05) is 0 Å². The zero-order chi connectivity index (χ0) is 10.7. The normalized spacial score (nSPS) is 5.36. The molecule has 0 rings (SSSR count). The van der Waals surface area contributed by atoms with Gasteiger partial charge in [0, 0.05) is 17.9 Å². The maximum atomic E-state index is 8.89. The van der Waals surface area contributed by atoms with Crippen LogP contribution in [0.25, 0.3) is 0 Å². The molecule has 0 aliphatic rings. The largest absolute Gasteiger partial charge is 2.00 e. The van der Waals surface area contributed by atoms with Crippen molar-refractivity contribution in [1.82, 2.24) is 0 Å². The smallest absolute Gasteiger partial charge is 0.550 e. The minimum Gasteiger partial charge on any atom is -0.550 e. The number of carboxylic acid groups (broad SMARTS) is 3. The molecular weight excluding hydrogens is 231 g/mol. The third-order valence-electron chi connectivity index (χ3n) is 0. The Balaban J connectivity index is -0.0000000270. The van der Waals surface area contributed by atoms with Crippen molar-refractivity contribution in [2.45, 2.75) is 20.8 Å². The second-order valence-electron chi connectivity index (χ2n) is 1.47. The summed E-state index contributed by atoms with van der Waals surface area (Å²) >= 11 is 0. The second-order valence-corrected chi connectivity index (χ2v) is 1.47. The van der Waals surface area contributed by atoms with E-state index in [9.17, 15) is 0 Å². The first-order valence-electron chi connectivity index (χ1n) is 2.72. The van der Waals surface area contributed by atoms with Gasteiger partial charge in [-0.3, -0.25) is 0 Å². The van der Waals surface area contributed by atoms with Crippen LogP contribution in [0, 0.1) is 0 Å². The Morgan fingerprint density at radius 2 is 0.714 bits per heavy atom. The molecule has 72 valence electrons. The number of carboxylic acids is 3. The summed E-state index contributed by atoms with van der Waals surface area (Å²) in [4.78, 5) is 26.7. The molecule has 14 heavy (non-hydrogen) atoms. The van der Waals surface area contributed by atoms with Gasteiger partial charge in [0.15, 0.2) is 0 Å². The van der Waals surface area contributed by atoms with E-state index in [4.69, 9.17) is 29.7 Å². The van der Waals surface area contributed by atoms with Crippen LogP contribution in [-0.4, -0.2) is 41.0 Å². The second kappa shape index (κ2) is 23.5. The van der Waals surface area contributed by atoms with Gasteiger partial charge in [0.2, 0.25) is 0 Å². The summed E-state index contributed by atoms with van der Waals surface area (Å²) < 4.78 is 0. The van der Waals surface area contributed by atoms with Gasteiger partial charge < -0.3 is 29.7 Å². The summed E-state index contributed by atoms with van der Waals surface area (Å²) in [5.41, 5.74) is 0. The van der Waals surface area contributed by atoms with E-state index in [0.29, 0.717) is 0 Å². The van der Waals surface area contributed by atoms with Gasteiger partial charge in [0.25, 0.3) is 0 Å². The standard InChI is InChI=1S/3C2H4O2.K.Mg/c3*1-2(3)4;;/h3*1H3,(H,3,4);;/q;;;+1;+2/p-3. The first-order chi connectivity index (χ1) is 5.20. The van der Waals surface area contributed by atoms with Gasteiger partial charge in [0.05, 0.1) is 0 Å². The van der Waals surface area contributed by atoms with E-state index in [-0.39, 0.29) is 74.4 Å². The molecule has 0 N–H and O–H groups in total. The van der Waals surface area contributed by atoms with Crippen LogP contribution in [0.5, 0.6) is 0 Å². The van der Waals surface area contributed by atoms with Gasteiger partial charge in [-0.25, -0.2) is 0 Å². The van der Waals surface area contributed by atoms with Crippen molar-refractivity contribution >= 4 is 41.0 Å². The number of rotatable bonds is 0. The summed E-state index contributed by atoms with van der Waals surface area (Å²) in [5.74, 6) is -3.25. The van der Waals surface area contributed by atoms with Crippen LogP contribution < -0.4 is 66.7 Å². The fraction of sp³-hybridized carbons (Fsp3) is 0.500. The summed E-state index contributed by atoms with van der Waals surface area (Å²) in [7, 11) is 0. The average molecular weight is 241 g/mol. The zero-order valence-corrected chi connectivity index (χ0v) is 13.2. The van der Waals surface area contributed by atoms with E-state index in [1.165, 1.54) is 0 Å². The minimum atomic E-state index is -1.08. The van der Waals surface area contributed by atoms with Crippen molar-refractivity contribution in [1.29, 1.82) is 0 Å². The zero-order valence-electron chi connectivity index (χ0n) is 8.66. The summed E-state index contributed by atoms with van der Waals surface area (Å²) in [6.45, 7) is 2.92. The third kappa shape index (κ3) is 2710. The fourth-order valence-corrected chi connectivity index (χ4v) is 0. The molecule has 0 amide bonds. The van der Waals surface area contributed by atoms with Crippen molar-refractivity contribution in [2.24, 2.45) is 0 Å². The van der Waals surface area contributed by atoms with Gasteiger partial charge in [-0.05, 0) is 20.8 Å². The SMILES string of the molecule is CC(=O)[O-].CC(=O)[O-].CC(=O)[O-].[K+].[Mg+2]. The van der Waals surface area contributed by atoms with Crippen molar-refractivity contribution in [3.63, 3.8) is 0 Å². The minimum absolute atomic E-state index is 0. The molecule has 0 aliphatic carbocycles. The van der Waals surface area contributed by atoms with Gasteiger partial charge in [0.1, 0.15) is 0 Å². The molecule has 0 aliphatic heterocycles. The monoisotopic (exact) mass is 240 g/mol. The van der Waals surface area contributed by atoms with Crippen LogP contribution in [0.2, 0.25) is 0 Å². The first kappa shape index (κ1) is 29.4. The van der Waals surface area contributed by atoms with E-state index in [0.717, 1.165) is 20.8 Å². The predicted molar refractivity (Wildman–Crippen MR) is 37.8 cm³/mol. The van der Waals surface area contributed by atoms with Gasteiger partial charge in [-0.15, -0.1) is 0 Å². The fourth-order valence-electron chi connectivity index (χ4n) is 0. The molecule has 0 spiro atoms. The van der Waals surface area contributed by atoms with Crippen LogP contribution in [0.3, 0.4) is 0 Å². The number of carbonyl (C=O) groups excluding carboxylic acids is 3. The van der Waals surface area contributed by atoms with Crippen molar-refractivity contribution in [3.05, 3.63) is 0 Å². The Morgan fingerprint density at radius 1 is 0.714 bits per heavy atom. The molecule has 0 aromatic heterocycles. The van der Waals surface area contributed by atoms with Crippen LogP contribution in [-0.2, 0) is 14.4 Å². The third-order valence-corrected chi connectivity index (χ3v) is 0. The molecule has 0 aromatic rings. The molecule has 0 unspecified atom stereocenters. The molecule has 0 saturated carbocycles. The Bertz CT molecular complexity index is 120.